The monoisotopic (exact) mass is 211 g/mol. The molecular formula is C10H13NO4. The highest BCUT2D eigenvalue weighted by molar-refractivity contribution is 5.69. The van der Waals surface area contributed by atoms with Gasteiger partial charge in [0.2, 0.25) is 5.88 Å². The maximum Gasteiger partial charge on any atom is 0.308 e. The van der Waals surface area contributed by atoms with E-state index in [1.165, 1.54) is 14.2 Å². The summed E-state index contributed by atoms with van der Waals surface area (Å²) in [5.74, 6) is -0.0801. The number of aliphatic hydroxyl groups is 1. The van der Waals surface area contributed by atoms with Crippen LogP contribution in [-0.4, -0.2) is 30.3 Å². The molecule has 0 unspecified atom stereocenters. The van der Waals surface area contributed by atoms with E-state index in [2.05, 4.69) is 9.72 Å². The molecule has 82 valence electrons. The van der Waals surface area contributed by atoms with E-state index in [-0.39, 0.29) is 6.42 Å². The molecule has 0 bridgehead atoms. The smallest absolute Gasteiger partial charge is 0.308 e. The molecule has 0 radical (unpaired) electrons. The summed E-state index contributed by atoms with van der Waals surface area (Å²) in [7, 11) is 2.76. The predicted molar refractivity (Wildman–Crippen MR) is 52.4 cm³/mol. The number of pyridine rings is 1. The van der Waals surface area contributed by atoms with E-state index in [4.69, 9.17) is 4.74 Å². The van der Waals surface area contributed by atoms with Crippen molar-refractivity contribution in [2.75, 3.05) is 14.2 Å². The number of carbonyl (C=O) groups excluding carboxylic acids is 1. The van der Waals surface area contributed by atoms with Gasteiger partial charge in [-0.05, 0) is 6.07 Å². The molecule has 0 fully saturated rings. The third-order valence-corrected chi connectivity index (χ3v) is 1.88. The van der Waals surface area contributed by atoms with E-state index in [9.17, 15) is 9.90 Å². The number of methoxy groups -OCH3 is 2. The molecule has 0 aromatic carbocycles. The Bertz CT molecular complexity index is 340. The third kappa shape index (κ3) is 3.21. The Morgan fingerprint density at radius 3 is 2.87 bits per heavy atom. The third-order valence-electron chi connectivity index (χ3n) is 1.88. The Labute approximate surface area is 87.7 Å². The molecule has 0 aliphatic carbocycles. The van der Waals surface area contributed by atoms with E-state index in [1.54, 1.807) is 18.2 Å². The fourth-order valence-corrected chi connectivity index (χ4v) is 1.08. The second kappa shape index (κ2) is 5.31. The van der Waals surface area contributed by atoms with Gasteiger partial charge in [-0.25, -0.2) is 4.98 Å². The molecule has 0 amide bonds. The van der Waals surface area contributed by atoms with Crippen LogP contribution in [-0.2, 0) is 9.53 Å². The Hall–Kier alpha value is -1.62. The van der Waals surface area contributed by atoms with Crippen LogP contribution in [0, 0.1) is 0 Å². The van der Waals surface area contributed by atoms with Crippen molar-refractivity contribution in [2.45, 2.75) is 12.5 Å². The van der Waals surface area contributed by atoms with Gasteiger partial charge in [-0.1, -0.05) is 6.07 Å². The lowest BCUT2D eigenvalue weighted by Crippen LogP contribution is -2.09. The molecule has 1 heterocycles. The molecule has 1 aromatic rings. The molecule has 5 nitrogen and oxygen atoms in total. The number of hydrogen-bond acceptors (Lipinski definition) is 5. The molecule has 1 atom stereocenters. The lowest BCUT2D eigenvalue weighted by atomic mass is 10.2. The van der Waals surface area contributed by atoms with Crippen molar-refractivity contribution >= 4 is 5.97 Å². The lowest BCUT2D eigenvalue weighted by molar-refractivity contribution is -0.142. The van der Waals surface area contributed by atoms with Gasteiger partial charge in [0.05, 0.1) is 26.3 Å². The average Bonchev–Trinajstić information content (AvgIpc) is 2.28. The number of hydrogen-bond donors (Lipinski definition) is 1. The van der Waals surface area contributed by atoms with Gasteiger partial charge in [0.1, 0.15) is 6.10 Å². The van der Waals surface area contributed by atoms with Crippen LogP contribution >= 0.6 is 0 Å². The van der Waals surface area contributed by atoms with Gasteiger partial charge in [-0.15, -0.1) is 0 Å². The number of ether oxygens (including phenoxy) is 2. The fraction of sp³-hybridized carbons (Fsp3) is 0.400. The van der Waals surface area contributed by atoms with E-state index in [0.29, 0.717) is 11.6 Å². The SMILES string of the molecule is COC(=O)C[C@H](O)c1cccc(OC)n1. The molecule has 0 saturated heterocycles. The van der Waals surface area contributed by atoms with Crippen molar-refractivity contribution < 1.29 is 19.4 Å². The zero-order chi connectivity index (χ0) is 11.3. The number of nitrogens with zero attached hydrogens (tertiary/aromatic N) is 1. The molecule has 0 spiro atoms. The number of esters is 1. The van der Waals surface area contributed by atoms with Gasteiger partial charge in [0.15, 0.2) is 0 Å². The quantitative estimate of drug-likeness (QED) is 0.742. The number of rotatable bonds is 4. The molecule has 0 aliphatic heterocycles. The molecule has 5 heteroatoms. The van der Waals surface area contributed by atoms with Crippen LogP contribution in [0.2, 0.25) is 0 Å². The van der Waals surface area contributed by atoms with Crippen molar-refractivity contribution in [1.29, 1.82) is 0 Å². The Morgan fingerprint density at radius 1 is 1.53 bits per heavy atom. The molecular weight excluding hydrogens is 198 g/mol. The zero-order valence-electron chi connectivity index (χ0n) is 8.64. The van der Waals surface area contributed by atoms with Crippen molar-refractivity contribution in [1.82, 2.24) is 4.98 Å². The van der Waals surface area contributed by atoms with Gasteiger partial charge in [-0.3, -0.25) is 4.79 Å². The van der Waals surface area contributed by atoms with Crippen LogP contribution in [0.5, 0.6) is 5.88 Å². The number of aliphatic hydroxyl groups excluding tert-OH is 1. The van der Waals surface area contributed by atoms with Crippen LogP contribution in [0.3, 0.4) is 0 Å². The van der Waals surface area contributed by atoms with Gasteiger partial charge in [0, 0.05) is 6.07 Å². The first-order chi connectivity index (χ1) is 7.17. The second-order valence-corrected chi connectivity index (χ2v) is 2.90. The Morgan fingerprint density at radius 2 is 2.27 bits per heavy atom. The highest BCUT2D eigenvalue weighted by atomic mass is 16.5. The minimum Gasteiger partial charge on any atom is -0.481 e. The van der Waals surface area contributed by atoms with Gasteiger partial charge >= 0.3 is 5.97 Å². The fourth-order valence-electron chi connectivity index (χ4n) is 1.08. The van der Waals surface area contributed by atoms with E-state index in [0.717, 1.165) is 0 Å². The van der Waals surface area contributed by atoms with Crippen molar-refractivity contribution in [2.24, 2.45) is 0 Å². The summed E-state index contributed by atoms with van der Waals surface area (Å²) in [5.41, 5.74) is 0.389. The van der Waals surface area contributed by atoms with Crippen LogP contribution in [0.15, 0.2) is 18.2 Å². The first-order valence-electron chi connectivity index (χ1n) is 4.43. The summed E-state index contributed by atoms with van der Waals surface area (Å²) in [4.78, 5) is 14.9. The molecule has 0 saturated carbocycles. The van der Waals surface area contributed by atoms with Crippen molar-refractivity contribution in [3.63, 3.8) is 0 Å². The van der Waals surface area contributed by atoms with Crippen LogP contribution < -0.4 is 4.74 Å². The van der Waals surface area contributed by atoms with Gasteiger partial charge < -0.3 is 14.6 Å². The highest BCUT2D eigenvalue weighted by Crippen LogP contribution is 2.17. The summed E-state index contributed by atoms with van der Waals surface area (Å²) in [5, 5.41) is 9.62. The largest absolute Gasteiger partial charge is 0.481 e. The molecule has 1 N–H and O–H groups in total. The number of aromatic nitrogens is 1. The first kappa shape index (κ1) is 11.5. The predicted octanol–water partition coefficient (Wildman–Crippen LogP) is 0.687. The maximum atomic E-state index is 10.9. The lowest BCUT2D eigenvalue weighted by Gasteiger charge is -2.09. The summed E-state index contributed by atoms with van der Waals surface area (Å²) in [6, 6.07) is 4.98. The molecule has 15 heavy (non-hydrogen) atoms. The normalized spacial score (nSPS) is 11.9. The van der Waals surface area contributed by atoms with E-state index < -0.39 is 12.1 Å². The standard InChI is InChI=1S/C10H13NO4/c1-14-9-5-3-4-7(11-9)8(12)6-10(13)15-2/h3-5,8,12H,6H2,1-2H3/t8-/m0/s1. The summed E-state index contributed by atoms with van der Waals surface area (Å²) in [6.07, 6.45) is -1.08. The molecule has 1 rings (SSSR count). The average molecular weight is 211 g/mol. The van der Waals surface area contributed by atoms with Crippen molar-refractivity contribution in [3.05, 3.63) is 23.9 Å². The topological polar surface area (TPSA) is 68.7 Å². The maximum absolute atomic E-state index is 10.9. The van der Waals surface area contributed by atoms with Gasteiger partial charge in [-0.2, -0.15) is 0 Å². The highest BCUT2D eigenvalue weighted by Gasteiger charge is 2.14. The number of carbonyl (C=O) groups is 1. The Balaban J connectivity index is 2.72. The molecule has 0 aliphatic rings. The van der Waals surface area contributed by atoms with Crippen LogP contribution in [0.1, 0.15) is 18.2 Å². The van der Waals surface area contributed by atoms with Crippen molar-refractivity contribution in [3.8, 4) is 5.88 Å². The minimum atomic E-state index is -0.965. The van der Waals surface area contributed by atoms with E-state index >= 15 is 0 Å². The second-order valence-electron chi connectivity index (χ2n) is 2.90. The van der Waals surface area contributed by atoms with Gasteiger partial charge in [0.25, 0.3) is 0 Å². The minimum absolute atomic E-state index is 0.114. The zero-order valence-corrected chi connectivity index (χ0v) is 8.64. The summed E-state index contributed by atoms with van der Waals surface area (Å²) < 4.78 is 9.34. The van der Waals surface area contributed by atoms with Crippen LogP contribution in [0.25, 0.3) is 0 Å². The Kier molecular flexibility index (Phi) is 4.05. The summed E-state index contributed by atoms with van der Waals surface area (Å²) in [6.45, 7) is 0. The van der Waals surface area contributed by atoms with Crippen LogP contribution in [0.4, 0.5) is 0 Å². The summed E-state index contributed by atoms with van der Waals surface area (Å²) >= 11 is 0. The van der Waals surface area contributed by atoms with E-state index in [1.807, 2.05) is 0 Å². The molecule has 1 aromatic heterocycles. The first-order valence-corrected chi connectivity index (χ1v) is 4.43.